The van der Waals surface area contributed by atoms with Crippen LogP contribution in [0.2, 0.25) is 5.28 Å². The molecule has 1 aromatic heterocycles. The van der Waals surface area contributed by atoms with E-state index in [-0.39, 0.29) is 11.1 Å². The highest BCUT2D eigenvalue weighted by atomic mass is 35.5. The van der Waals surface area contributed by atoms with E-state index in [4.69, 9.17) is 11.6 Å². The minimum atomic E-state index is -4.30. The minimum Gasteiger partial charge on any atom is -0.350 e. The van der Waals surface area contributed by atoms with E-state index >= 15 is 0 Å². The van der Waals surface area contributed by atoms with Gasteiger partial charge in [0.05, 0.1) is 5.52 Å². The van der Waals surface area contributed by atoms with Crippen molar-refractivity contribution in [3.05, 3.63) is 29.5 Å². The van der Waals surface area contributed by atoms with Crippen LogP contribution in [-0.2, 0) is 0 Å². The highest BCUT2D eigenvalue weighted by Crippen LogP contribution is 2.26. The van der Waals surface area contributed by atoms with Crippen LogP contribution in [0.15, 0.2) is 24.3 Å². The number of alkyl halides is 3. The van der Waals surface area contributed by atoms with Gasteiger partial charge in [-0.25, -0.2) is 4.98 Å². The molecule has 0 saturated heterocycles. The van der Waals surface area contributed by atoms with Crippen molar-refractivity contribution in [2.24, 2.45) is 0 Å². The third-order valence-electron chi connectivity index (χ3n) is 2.33. The maximum atomic E-state index is 12.4. The number of hydrogen-bond acceptors (Lipinski definition) is 3. The molecule has 0 radical (unpaired) electrons. The molecule has 0 aliphatic rings. The second-order valence-electron chi connectivity index (χ2n) is 3.80. The van der Waals surface area contributed by atoms with Crippen LogP contribution in [0, 0.1) is 0 Å². The molecule has 2 rings (SSSR count). The van der Waals surface area contributed by atoms with Gasteiger partial charge in [-0.15, -0.1) is 0 Å². The lowest BCUT2D eigenvalue weighted by Crippen LogP contribution is -2.31. The van der Waals surface area contributed by atoms with E-state index in [0.29, 0.717) is 10.9 Å². The summed E-state index contributed by atoms with van der Waals surface area (Å²) in [5.74, 6) is 0.169. The Hall–Kier alpha value is -1.56. The normalized spacial score (nSPS) is 11.8. The zero-order valence-electron chi connectivity index (χ0n) is 9.37. The monoisotopic (exact) mass is 275 g/mol. The standard InChI is InChI=1S/C11H9ClF3N3/c1-18(6-11(13,14)15)9-7-4-2-3-5-8(7)16-10(12)17-9/h2-5H,6H2,1H3. The summed E-state index contributed by atoms with van der Waals surface area (Å²) in [7, 11) is 1.32. The summed E-state index contributed by atoms with van der Waals surface area (Å²) in [6.07, 6.45) is -4.30. The van der Waals surface area contributed by atoms with E-state index < -0.39 is 12.7 Å². The molecular weight excluding hydrogens is 267 g/mol. The van der Waals surface area contributed by atoms with E-state index in [1.807, 2.05) is 0 Å². The maximum absolute atomic E-state index is 12.4. The second-order valence-corrected chi connectivity index (χ2v) is 4.14. The van der Waals surface area contributed by atoms with E-state index in [1.54, 1.807) is 24.3 Å². The quantitative estimate of drug-likeness (QED) is 0.788. The molecule has 7 heteroatoms. The summed E-state index contributed by atoms with van der Waals surface area (Å²) in [6.45, 7) is -1.09. The molecular formula is C11H9ClF3N3. The van der Waals surface area contributed by atoms with Gasteiger partial charge in [0, 0.05) is 12.4 Å². The second kappa shape index (κ2) is 4.61. The average Bonchev–Trinajstić information content (AvgIpc) is 2.25. The van der Waals surface area contributed by atoms with Crippen LogP contribution in [-0.4, -0.2) is 29.7 Å². The van der Waals surface area contributed by atoms with Gasteiger partial charge in [-0.05, 0) is 23.7 Å². The number of aromatic nitrogens is 2. The number of nitrogens with zero attached hydrogens (tertiary/aromatic N) is 3. The van der Waals surface area contributed by atoms with Crippen molar-refractivity contribution in [1.82, 2.24) is 9.97 Å². The summed E-state index contributed by atoms with van der Waals surface area (Å²) in [5, 5.41) is 0.464. The summed E-state index contributed by atoms with van der Waals surface area (Å²) < 4.78 is 37.1. The molecule has 96 valence electrons. The highest BCUT2D eigenvalue weighted by molar-refractivity contribution is 6.28. The topological polar surface area (TPSA) is 29.0 Å². The van der Waals surface area contributed by atoms with Gasteiger partial charge in [-0.2, -0.15) is 18.2 Å². The van der Waals surface area contributed by atoms with Gasteiger partial charge in [-0.1, -0.05) is 12.1 Å². The van der Waals surface area contributed by atoms with Crippen LogP contribution in [0.25, 0.3) is 10.9 Å². The Morgan fingerprint density at radius 1 is 1.22 bits per heavy atom. The molecule has 0 aliphatic carbocycles. The SMILES string of the molecule is CN(CC(F)(F)F)c1nc(Cl)nc2ccccc12. The van der Waals surface area contributed by atoms with Crippen molar-refractivity contribution in [3.63, 3.8) is 0 Å². The number of fused-ring (bicyclic) bond motifs is 1. The minimum absolute atomic E-state index is 0.0716. The first kappa shape index (κ1) is 12.9. The molecule has 0 N–H and O–H groups in total. The van der Waals surface area contributed by atoms with Crippen LogP contribution < -0.4 is 4.90 Å². The number of para-hydroxylation sites is 1. The number of rotatable bonds is 2. The first-order valence-corrected chi connectivity index (χ1v) is 5.45. The molecule has 1 heterocycles. The van der Waals surface area contributed by atoms with E-state index in [1.165, 1.54) is 7.05 Å². The van der Waals surface area contributed by atoms with E-state index in [2.05, 4.69) is 9.97 Å². The first-order valence-electron chi connectivity index (χ1n) is 5.07. The summed E-state index contributed by atoms with van der Waals surface area (Å²) >= 11 is 5.71. The molecule has 0 unspecified atom stereocenters. The molecule has 0 aliphatic heterocycles. The smallest absolute Gasteiger partial charge is 0.350 e. The molecule has 3 nitrogen and oxygen atoms in total. The van der Waals surface area contributed by atoms with Crippen LogP contribution in [0.4, 0.5) is 19.0 Å². The van der Waals surface area contributed by atoms with Gasteiger partial charge in [0.1, 0.15) is 12.4 Å². The molecule has 0 atom stereocenters. The lowest BCUT2D eigenvalue weighted by Gasteiger charge is -2.21. The molecule has 2 aromatic rings. The fraction of sp³-hybridized carbons (Fsp3) is 0.273. The third kappa shape index (κ3) is 2.81. The Balaban J connectivity index is 2.49. The summed E-state index contributed by atoms with van der Waals surface area (Å²) in [4.78, 5) is 8.84. The first-order chi connectivity index (χ1) is 8.37. The van der Waals surface area contributed by atoms with Crippen molar-refractivity contribution in [3.8, 4) is 0 Å². The van der Waals surface area contributed by atoms with Crippen molar-refractivity contribution < 1.29 is 13.2 Å². The van der Waals surface area contributed by atoms with Gasteiger partial charge in [0.25, 0.3) is 0 Å². The lowest BCUT2D eigenvalue weighted by molar-refractivity contribution is -0.119. The summed E-state index contributed by atoms with van der Waals surface area (Å²) in [6, 6.07) is 6.78. The molecule has 0 amide bonds. The van der Waals surface area contributed by atoms with Crippen molar-refractivity contribution >= 4 is 28.3 Å². The molecule has 18 heavy (non-hydrogen) atoms. The Morgan fingerprint density at radius 2 is 1.89 bits per heavy atom. The van der Waals surface area contributed by atoms with Gasteiger partial charge in [0.2, 0.25) is 5.28 Å². The predicted octanol–water partition coefficient (Wildman–Crippen LogP) is 3.28. The van der Waals surface area contributed by atoms with Crippen molar-refractivity contribution in [2.45, 2.75) is 6.18 Å². The zero-order valence-corrected chi connectivity index (χ0v) is 10.1. The van der Waals surface area contributed by atoms with Crippen molar-refractivity contribution in [2.75, 3.05) is 18.5 Å². The van der Waals surface area contributed by atoms with Crippen LogP contribution in [0.3, 0.4) is 0 Å². The number of halogens is 4. The maximum Gasteiger partial charge on any atom is 0.405 e. The molecule has 0 bridgehead atoms. The number of hydrogen-bond donors (Lipinski definition) is 0. The number of anilines is 1. The zero-order chi connectivity index (χ0) is 13.3. The Labute approximate surface area is 106 Å². The van der Waals surface area contributed by atoms with E-state index in [9.17, 15) is 13.2 Å². The largest absolute Gasteiger partial charge is 0.405 e. The van der Waals surface area contributed by atoms with Crippen LogP contribution >= 0.6 is 11.6 Å². The highest BCUT2D eigenvalue weighted by Gasteiger charge is 2.30. The Morgan fingerprint density at radius 3 is 2.56 bits per heavy atom. The lowest BCUT2D eigenvalue weighted by atomic mass is 10.2. The molecule has 1 aromatic carbocycles. The van der Waals surface area contributed by atoms with Gasteiger partial charge < -0.3 is 4.90 Å². The van der Waals surface area contributed by atoms with Crippen molar-refractivity contribution in [1.29, 1.82) is 0 Å². The predicted molar refractivity (Wildman–Crippen MR) is 63.9 cm³/mol. The van der Waals surface area contributed by atoms with Crippen LogP contribution in [0.5, 0.6) is 0 Å². The fourth-order valence-electron chi connectivity index (χ4n) is 1.67. The average molecular weight is 276 g/mol. The van der Waals surface area contributed by atoms with Gasteiger partial charge in [0.15, 0.2) is 0 Å². The van der Waals surface area contributed by atoms with E-state index in [0.717, 1.165) is 4.90 Å². The molecule has 0 saturated carbocycles. The molecule has 0 spiro atoms. The Kier molecular flexibility index (Phi) is 3.30. The third-order valence-corrected chi connectivity index (χ3v) is 2.50. The fourth-order valence-corrected chi connectivity index (χ4v) is 1.84. The number of benzene rings is 1. The van der Waals surface area contributed by atoms with Gasteiger partial charge >= 0.3 is 6.18 Å². The molecule has 0 fully saturated rings. The van der Waals surface area contributed by atoms with Gasteiger partial charge in [-0.3, -0.25) is 0 Å². The van der Waals surface area contributed by atoms with Crippen LogP contribution in [0.1, 0.15) is 0 Å². The Bertz CT molecular complexity index is 571. The summed E-state index contributed by atoms with van der Waals surface area (Å²) in [5.41, 5.74) is 0.515.